The van der Waals surface area contributed by atoms with E-state index in [1.165, 1.54) is 0 Å². The van der Waals surface area contributed by atoms with Gasteiger partial charge in [0.15, 0.2) is 23.7 Å². The minimum absolute atomic E-state index is 0.242. The Labute approximate surface area is 182 Å². The summed E-state index contributed by atoms with van der Waals surface area (Å²) in [4.78, 5) is 0. The minimum atomic E-state index is -1.70. The lowest BCUT2D eigenvalue weighted by Crippen LogP contribution is -2.26. The molecule has 0 radical (unpaired) electrons. The zero-order chi connectivity index (χ0) is 22.8. The highest BCUT2D eigenvalue weighted by molar-refractivity contribution is 5.72. The van der Waals surface area contributed by atoms with Gasteiger partial charge in [0, 0.05) is 11.5 Å². The fourth-order valence-electron chi connectivity index (χ4n) is 3.86. The summed E-state index contributed by atoms with van der Waals surface area (Å²) in [5, 5.41) is 0. The van der Waals surface area contributed by atoms with Gasteiger partial charge in [0.2, 0.25) is 0 Å². The Balaban J connectivity index is 1.56. The van der Waals surface area contributed by atoms with E-state index in [1.807, 2.05) is 0 Å². The smallest absolute Gasteiger partial charge is 0.194 e. The Kier molecular flexibility index (Phi) is 6.58. The van der Waals surface area contributed by atoms with E-state index in [0.717, 1.165) is 30.5 Å². The van der Waals surface area contributed by atoms with Crippen LogP contribution in [-0.2, 0) is 9.47 Å². The standard InChI is InChI=1S/C25H21F5O2/c1-2-3-14-12-31-25(32-13-14)16-6-4-15(5-7-16)17-8-19(26)23(20(27)9-17)18-10-21(28)24(30)22(29)11-18/h4-11,14,25H,2-3,12-13H2,1H3. The third-order valence-electron chi connectivity index (χ3n) is 5.49. The Bertz CT molecular complexity index is 1060. The van der Waals surface area contributed by atoms with Crippen LogP contribution < -0.4 is 0 Å². The van der Waals surface area contributed by atoms with Crippen LogP contribution in [0, 0.1) is 35.0 Å². The third kappa shape index (κ3) is 4.54. The summed E-state index contributed by atoms with van der Waals surface area (Å²) in [6.45, 7) is 3.34. The Morgan fingerprint density at radius 1 is 0.719 bits per heavy atom. The number of hydrogen-bond donors (Lipinski definition) is 0. The van der Waals surface area contributed by atoms with E-state index in [2.05, 4.69) is 6.92 Å². The molecule has 1 aliphatic rings. The molecule has 32 heavy (non-hydrogen) atoms. The van der Waals surface area contributed by atoms with Crippen LogP contribution in [0.4, 0.5) is 22.0 Å². The maximum absolute atomic E-state index is 14.7. The molecule has 1 saturated heterocycles. The van der Waals surface area contributed by atoms with Gasteiger partial charge in [-0.2, -0.15) is 0 Å². The quantitative estimate of drug-likeness (QED) is 0.304. The fraction of sp³-hybridized carbons (Fsp3) is 0.280. The van der Waals surface area contributed by atoms with Gasteiger partial charge >= 0.3 is 0 Å². The van der Waals surface area contributed by atoms with Crippen LogP contribution in [0.5, 0.6) is 0 Å². The summed E-state index contributed by atoms with van der Waals surface area (Å²) in [6.07, 6.45) is 1.61. The highest BCUT2D eigenvalue weighted by atomic mass is 19.2. The summed E-state index contributed by atoms with van der Waals surface area (Å²) in [5.74, 6) is -6.40. The maximum Gasteiger partial charge on any atom is 0.194 e. The second-order valence-electron chi connectivity index (χ2n) is 7.84. The fourth-order valence-corrected chi connectivity index (χ4v) is 3.86. The van der Waals surface area contributed by atoms with Gasteiger partial charge in [-0.1, -0.05) is 37.6 Å². The molecule has 168 valence electrons. The van der Waals surface area contributed by atoms with E-state index in [-0.39, 0.29) is 5.56 Å². The van der Waals surface area contributed by atoms with Gasteiger partial charge < -0.3 is 9.47 Å². The zero-order valence-electron chi connectivity index (χ0n) is 17.3. The number of benzene rings is 3. The van der Waals surface area contributed by atoms with E-state index >= 15 is 0 Å². The van der Waals surface area contributed by atoms with Crippen molar-refractivity contribution in [3.8, 4) is 22.3 Å². The highest BCUT2D eigenvalue weighted by Crippen LogP contribution is 2.34. The van der Waals surface area contributed by atoms with Crippen molar-refractivity contribution in [1.82, 2.24) is 0 Å². The Morgan fingerprint density at radius 3 is 1.78 bits per heavy atom. The molecule has 0 amide bonds. The molecule has 3 aromatic carbocycles. The molecule has 0 bridgehead atoms. The second-order valence-corrected chi connectivity index (χ2v) is 7.84. The van der Waals surface area contributed by atoms with Gasteiger partial charge in [0.1, 0.15) is 11.6 Å². The highest BCUT2D eigenvalue weighted by Gasteiger charge is 2.23. The van der Waals surface area contributed by atoms with Crippen LogP contribution in [-0.4, -0.2) is 13.2 Å². The summed E-state index contributed by atoms with van der Waals surface area (Å²) < 4.78 is 81.1. The molecule has 0 spiro atoms. The lowest BCUT2D eigenvalue weighted by Gasteiger charge is -2.29. The molecule has 4 rings (SSSR count). The van der Waals surface area contributed by atoms with Crippen molar-refractivity contribution in [2.24, 2.45) is 5.92 Å². The molecule has 0 N–H and O–H groups in total. The first-order chi connectivity index (χ1) is 15.4. The molecule has 1 heterocycles. The molecule has 1 fully saturated rings. The van der Waals surface area contributed by atoms with Crippen LogP contribution in [0.15, 0.2) is 48.5 Å². The van der Waals surface area contributed by atoms with Crippen LogP contribution in [0.25, 0.3) is 22.3 Å². The van der Waals surface area contributed by atoms with Crippen molar-refractivity contribution in [2.75, 3.05) is 13.2 Å². The first kappa shape index (κ1) is 22.4. The average molecular weight is 448 g/mol. The van der Waals surface area contributed by atoms with Gasteiger partial charge in [0.25, 0.3) is 0 Å². The summed E-state index contributed by atoms with van der Waals surface area (Å²) >= 11 is 0. The molecular formula is C25H21F5O2. The molecule has 0 saturated carbocycles. The average Bonchev–Trinajstić information content (AvgIpc) is 2.78. The lowest BCUT2D eigenvalue weighted by atomic mass is 9.98. The van der Waals surface area contributed by atoms with Crippen molar-refractivity contribution in [1.29, 1.82) is 0 Å². The minimum Gasteiger partial charge on any atom is -0.348 e. The SMILES string of the molecule is CCCC1COC(c2ccc(-c3cc(F)c(-c4cc(F)c(F)c(F)c4)c(F)c3)cc2)OC1. The van der Waals surface area contributed by atoms with Crippen molar-refractivity contribution in [3.05, 3.63) is 83.2 Å². The van der Waals surface area contributed by atoms with Crippen LogP contribution in [0.3, 0.4) is 0 Å². The van der Waals surface area contributed by atoms with Crippen LogP contribution in [0.1, 0.15) is 31.6 Å². The van der Waals surface area contributed by atoms with E-state index in [0.29, 0.717) is 36.8 Å². The number of ether oxygens (including phenoxy) is 2. The molecule has 0 unspecified atom stereocenters. The third-order valence-corrected chi connectivity index (χ3v) is 5.49. The van der Waals surface area contributed by atoms with E-state index in [4.69, 9.17) is 9.47 Å². The number of halogens is 5. The molecular weight excluding hydrogens is 427 g/mol. The van der Waals surface area contributed by atoms with E-state index < -0.39 is 46.5 Å². The molecule has 1 aliphatic heterocycles. The van der Waals surface area contributed by atoms with Gasteiger partial charge in [-0.25, -0.2) is 22.0 Å². The lowest BCUT2D eigenvalue weighted by molar-refractivity contribution is -0.206. The summed E-state index contributed by atoms with van der Waals surface area (Å²) in [6, 6.07) is 10.1. The molecule has 3 aromatic rings. The summed E-state index contributed by atoms with van der Waals surface area (Å²) in [5.41, 5.74) is 0.514. The second kappa shape index (κ2) is 9.38. The first-order valence-corrected chi connectivity index (χ1v) is 10.3. The van der Waals surface area contributed by atoms with E-state index in [9.17, 15) is 22.0 Å². The molecule has 0 atom stereocenters. The predicted molar refractivity (Wildman–Crippen MR) is 110 cm³/mol. The maximum atomic E-state index is 14.7. The van der Waals surface area contributed by atoms with E-state index in [1.54, 1.807) is 24.3 Å². The monoisotopic (exact) mass is 448 g/mol. The van der Waals surface area contributed by atoms with Gasteiger partial charge in [-0.15, -0.1) is 0 Å². The Hall–Kier alpha value is -2.77. The largest absolute Gasteiger partial charge is 0.348 e. The van der Waals surface area contributed by atoms with Gasteiger partial charge in [-0.3, -0.25) is 0 Å². The normalized spacial score (nSPS) is 18.7. The van der Waals surface area contributed by atoms with Gasteiger partial charge in [-0.05, 0) is 47.4 Å². The summed E-state index contributed by atoms with van der Waals surface area (Å²) in [7, 11) is 0. The first-order valence-electron chi connectivity index (χ1n) is 10.3. The van der Waals surface area contributed by atoms with Gasteiger partial charge in [0.05, 0.1) is 18.8 Å². The molecule has 0 aromatic heterocycles. The predicted octanol–water partition coefficient (Wildman–Crippen LogP) is 7.18. The zero-order valence-corrected chi connectivity index (χ0v) is 17.3. The molecule has 2 nitrogen and oxygen atoms in total. The van der Waals surface area contributed by atoms with Crippen molar-refractivity contribution >= 4 is 0 Å². The van der Waals surface area contributed by atoms with Crippen LogP contribution >= 0.6 is 0 Å². The van der Waals surface area contributed by atoms with Crippen molar-refractivity contribution < 1.29 is 31.4 Å². The topological polar surface area (TPSA) is 18.5 Å². The van der Waals surface area contributed by atoms with Crippen molar-refractivity contribution in [3.63, 3.8) is 0 Å². The molecule has 0 aliphatic carbocycles. The van der Waals surface area contributed by atoms with Crippen LogP contribution in [0.2, 0.25) is 0 Å². The number of hydrogen-bond acceptors (Lipinski definition) is 2. The Morgan fingerprint density at radius 2 is 1.25 bits per heavy atom. The molecule has 7 heteroatoms. The number of rotatable bonds is 5. The van der Waals surface area contributed by atoms with Crippen molar-refractivity contribution in [2.45, 2.75) is 26.1 Å².